The number of aryl methyl sites for hydroxylation is 1. The zero-order chi connectivity index (χ0) is 17.1. The molecule has 2 aromatic rings. The van der Waals surface area contributed by atoms with Gasteiger partial charge in [0.1, 0.15) is 6.04 Å². The zero-order valence-corrected chi connectivity index (χ0v) is 15.8. The second-order valence-corrected chi connectivity index (χ2v) is 8.37. The van der Waals surface area contributed by atoms with Gasteiger partial charge in [0, 0.05) is 23.5 Å². The van der Waals surface area contributed by atoms with Gasteiger partial charge in [-0.2, -0.15) is 4.98 Å². The number of piperidine rings is 1. The van der Waals surface area contributed by atoms with Gasteiger partial charge in [-0.25, -0.2) is 4.98 Å². The van der Waals surface area contributed by atoms with Crippen LogP contribution in [-0.2, 0) is 4.79 Å². The van der Waals surface area contributed by atoms with Crippen LogP contribution in [0.3, 0.4) is 0 Å². The van der Waals surface area contributed by atoms with Crippen LogP contribution in [0.2, 0.25) is 0 Å². The SMILES string of the molecule is Cc1csc(SCC(=O)N2CCCC[C@@H]2c2nc(C(C)C)no2)n1. The Morgan fingerprint density at radius 3 is 2.96 bits per heavy atom. The minimum atomic E-state index is -0.0927. The summed E-state index contributed by atoms with van der Waals surface area (Å²) < 4.78 is 6.38. The van der Waals surface area contributed by atoms with E-state index in [4.69, 9.17) is 4.52 Å². The van der Waals surface area contributed by atoms with Crippen molar-refractivity contribution in [3.8, 4) is 0 Å². The topological polar surface area (TPSA) is 72.1 Å². The fraction of sp³-hybridized carbons (Fsp3) is 0.625. The molecule has 8 heteroatoms. The van der Waals surface area contributed by atoms with Crippen LogP contribution in [0, 0.1) is 6.92 Å². The van der Waals surface area contributed by atoms with E-state index >= 15 is 0 Å². The van der Waals surface area contributed by atoms with E-state index in [0.717, 1.165) is 35.8 Å². The van der Waals surface area contributed by atoms with E-state index < -0.39 is 0 Å². The number of hydrogen-bond acceptors (Lipinski definition) is 7. The second-order valence-electron chi connectivity index (χ2n) is 6.29. The van der Waals surface area contributed by atoms with Crippen molar-refractivity contribution in [3.05, 3.63) is 22.8 Å². The number of nitrogens with zero attached hydrogens (tertiary/aromatic N) is 4. The van der Waals surface area contributed by atoms with Crippen molar-refractivity contribution in [1.29, 1.82) is 0 Å². The van der Waals surface area contributed by atoms with Crippen LogP contribution in [0.5, 0.6) is 0 Å². The molecule has 1 aliphatic rings. The normalized spacial score (nSPS) is 18.3. The van der Waals surface area contributed by atoms with Crippen molar-refractivity contribution in [2.75, 3.05) is 12.3 Å². The molecule has 24 heavy (non-hydrogen) atoms. The molecule has 0 N–H and O–H groups in total. The van der Waals surface area contributed by atoms with Gasteiger partial charge in [0.2, 0.25) is 11.8 Å². The summed E-state index contributed by atoms with van der Waals surface area (Å²) in [6.07, 6.45) is 2.98. The van der Waals surface area contributed by atoms with Crippen LogP contribution >= 0.6 is 23.1 Å². The summed E-state index contributed by atoms with van der Waals surface area (Å²) >= 11 is 3.08. The third kappa shape index (κ3) is 3.97. The Bertz CT molecular complexity index is 698. The maximum Gasteiger partial charge on any atom is 0.249 e. The Morgan fingerprint density at radius 2 is 2.29 bits per heavy atom. The molecule has 6 nitrogen and oxygen atoms in total. The predicted octanol–water partition coefficient (Wildman–Crippen LogP) is 3.80. The third-order valence-corrected chi connectivity index (χ3v) is 6.12. The highest BCUT2D eigenvalue weighted by atomic mass is 32.2. The lowest BCUT2D eigenvalue weighted by Gasteiger charge is -2.33. The van der Waals surface area contributed by atoms with Crippen LogP contribution in [-0.4, -0.2) is 38.2 Å². The van der Waals surface area contributed by atoms with Crippen LogP contribution < -0.4 is 0 Å². The van der Waals surface area contributed by atoms with Crippen molar-refractivity contribution in [3.63, 3.8) is 0 Å². The number of rotatable bonds is 5. The van der Waals surface area contributed by atoms with Crippen LogP contribution in [0.15, 0.2) is 14.2 Å². The molecule has 0 aliphatic carbocycles. The minimum absolute atomic E-state index is 0.0927. The zero-order valence-electron chi connectivity index (χ0n) is 14.2. The highest BCUT2D eigenvalue weighted by Crippen LogP contribution is 2.32. The molecule has 3 rings (SSSR count). The largest absolute Gasteiger partial charge is 0.337 e. The molecule has 0 saturated carbocycles. The van der Waals surface area contributed by atoms with Crippen molar-refractivity contribution in [2.24, 2.45) is 0 Å². The van der Waals surface area contributed by atoms with Crippen LogP contribution in [0.1, 0.15) is 62.5 Å². The summed E-state index contributed by atoms with van der Waals surface area (Å²) in [5, 5.41) is 6.05. The Morgan fingerprint density at radius 1 is 1.46 bits per heavy atom. The van der Waals surface area contributed by atoms with Gasteiger partial charge in [0.05, 0.1) is 5.75 Å². The number of carbonyl (C=O) groups is 1. The van der Waals surface area contributed by atoms with E-state index in [1.165, 1.54) is 11.8 Å². The molecule has 1 saturated heterocycles. The number of carbonyl (C=O) groups excluding carboxylic acids is 1. The van der Waals surface area contributed by atoms with Gasteiger partial charge in [-0.05, 0) is 26.2 Å². The van der Waals surface area contributed by atoms with E-state index in [0.29, 0.717) is 17.5 Å². The highest BCUT2D eigenvalue weighted by molar-refractivity contribution is 8.01. The molecule has 1 amide bonds. The van der Waals surface area contributed by atoms with Gasteiger partial charge in [0.15, 0.2) is 10.2 Å². The summed E-state index contributed by atoms with van der Waals surface area (Å²) in [5.41, 5.74) is 0.998. The van der Waals surface area contributed by atoms with Gasteiger partial charge in [-0.1, -0.05) is 30.8 Å². The van der Waals surface area contributed by atoms with E-state index in [9.17, 15) is 4.79 Å². The Balaban J connectivity index is 1.67. The highest BCUT2D eigenvalue weighted by Gasteiger charge is 2.32. The first-order valence-electron chi connectivity index (χ1n) is 8.22. The molecule has 130 valence electrons. The van der Waals surface area contributed by atoms with Gasteiger partial charge in [-0.15, -0.1) is 11.3 Å². The fourth-order valence-electron chi connectivity index (χ4n) is 2.71. The summed E-state index contributed by atoms with van der Waals surface area (Å²) in [7, 11) is 0. The number of likely N-dealkylation sites (tertiary alicyclic amines) is 1. The predicted molar refractivity (Wildman–Crippen MR) is 94.3 cm³/mol. The monoisotopic (exact) mass is 366 g/mol. The molecule has 0 aromatic carbocycles. The van der Waals surface area contributed by atoms with Crippen molar-refractivity contribution in [1.82, 2.24) is 20.0 Å². The standard InChI is InChI=1S/C16H22N4O2S2/c1-10(2)14-18-15(22-19-14)12-6-4-5-7-20(12)13(21)9-24-16-17-11(3)8-23-16/h8,10,12H,4-7,9H2,1-3H3/t12-/m1/s1. The average molecular weight is 367 g/mol. The van der Waals surface area contributed by atoms with E-state index in [1.54, 1.807) is 11.3 Å². The van der Waals surface area contributed by atoms with Crippen molar-refractivity contribution >= 4 is 29.0 Å². The lowest BCUT2D eigenvalue weighted by Crippen LogP contribution is -2.39. The molecule has 1 fully saturated rings. The summed E-state index contributed by atoms with van der Waals surface area (Å²) in [6.45, 7) is 6.78. The van der Waals surface area contributed by atoms with E-state index in [2.05, 4.69) is 15.1 Å². The molecule has 0 radical (unpaired) electrons. The molecular formula is C16H22N4O2S2. The average Bonchev–Trinajstić information content (AvgIpc) is 3.22. The molecule has 1 aliphatic heterocycles. The fourth-order valence-corrected chi connectivity index (χ4v) is 4.44. The third-order valence-electron chi connectivity index (χ3n) is 4.00. The number of hydrogen-bond donors (Lipinski definition) is 0. The molecule has 0 unspecified atom stereocenters. The maximum absolute atomic E-state index is 12.7. The summed E-state index contributed by atoms with van der Waals surface area (Å²) in [5.74, 6) is 2.01. The first-order valence-corrected chi connectivity index (χ1v) is 10.1. The molecule has 0 spiro atoms. The summed E-state index contributed by atoms with van der Waals surface area (Å²) in [4.78, 5) is 23.5. The molecule has 1 atom stereocenters. The lowest BCUT2D eigenvalue weighted by molar-refractivity contribution is -0.132. The summed E-state index contributed by atoms with van der Waals surface area (Å²) in [6, 6.07) is -0.0927. The van der Waals surface area contributed by atoms with Crippen molar-refractivity contribution < 1.29 is 9.32 Å². The van der Waals surface area contributed by atoms with Crippen molar-refractivity contribution in [2.45, 2.75) is 56.3 Å². The number of aromatic nitrogens is 3. The van der Waals surface area contributed by atoms with Crippen LogP contribution in [0.4, 0.5) is 0 Å². The van der Waals surface area contributed by atoms with E-state index in [-0.39, 0.29) is 17.9 Å². The van der Waals surface area contributed by atoms with Crippen LogP contribution in [0.25, 0.3) is 0 Å². The number of amides is 1. The second kappa shape index (κ2) is 7.65. The Labute approximate surface area is 150 Å². The van der Waals surface area contributed by atoms with Gasteiger partial charge < -0.3 is 9.42 Å². The molecule has 2 aromatic heterocycles. The first-order chi connectivity index (χ1) is 11.5. The van der Waals surface area contributed by atoms with Gasteiger partial charge in [-0.3, -0.25) is 4.79 Å². The maximum atomic E-state index is 12.7. The molecule has 3 heterocycles. The first kappa shape index (κ1) is 17.4. The Kier molecular flexibility index (Phi) is 5.55. The number of thioether (sulfide) groups is 1. The Hall–Kier alpha value is -1.41. The quantitative estimate of drug-likeness (QED) is 0.750. The number of thiazole rings is 1. The minimum Gasteiger partial charge on any atom is -0.337 e. The lowest BCUT2D eigenvalue weighted by atomic mass is 10.0. The van der Waals surface area contributed by atoms with E-state index in [1.807, 2.05) is 31.1 Å². The molecule has 0 bridgehead atoms. The smallest absolute Gasteiger partial charge is 0.249 e. The van der Waals surface area contributed by atoms with Gasteiger partial charge in [0.25, 0.3) is 0 Å². The molecular weight excluding hydrogens is 344 g/mol. The van der Waals surface area contributed by atoms with Gasteiger partial charge >= 0.3 is 0 Å².